The van der Waals surface area contributed by atoms with Crippen molar-refractivity contribution in [1.82, 2.24) is 0 Å². The highest BCUT2D eigenvalue weighted by Crippen LogP contribution is 2.21. The van der Waals surface area contributed by atoms with E-state index in [0.29, 0.717) is 17.3 Å². The second-order valence-electron chi connectivity index (χ2n) is 4.92. The fourth-order valence-electron chi connectivity index (χ4n) is 1.34. The summed E-state index contributed by atoms with van der Waals surface area (Å²) >= 11 is 5.86. The third-order valence-corrected chi connectivity index (χ3v) is 2.17. The van der Waals surface area contributed by atoms with Crippen molar-refractivity contribution in [3.63, 3.8) is 0 Å². The first kappa shape index (κ1) is 12.8. The second-order valence-corrected chi connectivity index (χ2v) is 5.36. The molecule has 3 nitrogen and oxygen atoms in total. The lowest BCUT2D eigenvalue weighted by atomic mass is 9.91. The van der Waals surface area contributed by atoms with E-state index >= 15 is 0 Å². The Morgan fingerprint density at radius 3 is 2.62 bits per heavy atom. The van der Waals surface area contributed by atoms with Crippen molar-refractivity contribution in [3.05, 3.63) is 29.3 Å². The fourth-order valence-corrected chi connectivity index (χ4v) is 1.53. The van der Waals surface area contributed by atoms with Crippen LogP contribution in [0, 0.1) is 5.41 Å². The summed E-state index contributed by atoms with van der Waals surface area (Å²) in [6, 6.07) is 7.30. The largest absolute Gasteiger partial charge is 0.409 e. The molecule has 16 heavy (non-hydrogen) atoms. The molecule has 1 aromatic rings. The first-order valence-corrected chi connectivity index (χ1v) is 5.52. The number of amidine groups is 1. The lowest BCUT2D eigenvalue weighted by Gasteiger charge is -2.19. The molecule has 88 valence electrons. The Kier molecular flexibility index (Phi) is 4.19. The number of rotatable bonds is 2. The van der Waals surface area contributed by atoms with Crippen LogP contribution in [0.1, 0.15) is 27.2 Å². The third-order valence-electron chi connectivity index (χ3n) is 1.93. The maximum Gasteiger partial charge on any atom is 0.146 e. The van der Waals surface area contributed by atoms with Crippen LogP contribution >= 0.6 is 11.6 Å². The number of oxime groups is 1. The van der Waals surface area contributed by atoms with Gasteiger partial charge in [0.15, 0.2) is 0 Å². The minimum absolute atomic E-state index is 0.0626. The number of halogens is 1. The smallest absolute Gasteiger partial charge is 0.146 e. The maximum atomic E-state index is 8.91. The lowest BCUT2D eigenvalue weighted by Crippen LogP contribution is -2.20. The quantitative estimate of drug-likeness (QED) is 0.356. The summed E-state index contributed by atoms with van der Waals surface area (Å²) in [6.07, 6.45) is 0.663. The van der Waals surface area contributed by atoms with E-state index in [2.05, 4.69) is 31.2 Å². The molecule has 2 N–H and O–H groups in total. The molecular formula is C12H17ClN2O. The SMILES string of the molecule is CC(C)(C)CC(=NO)Nc1cccc(Cl)c1. The number of nitrogens with zero attached hydrogens (tertiary/aromatic N) is 1. The molecule has 0 aliphatic carbocycles. The molecule has 0 spiro atoms. The van der Waals surface area contributed by atoms with Crippen LogP contribution in [-0.4, -0.2) is 11.0 Å². The van der Waals surface area contributed by atoms with Gasteiger partial charge in [0.25, 0.3) is 0 Å². The molecule has 0 radical (unpaired) electrons. The van der Waals surface area contributed by atoms with Crippen LogP contribution in [0.25, 0.3) is 0 Å². The molecule has 4 heteroatoms. The normalized spacial score (nSPS) is 12.6. The summed E-state index contributed by atoms with van der Waals surface area (Å²) in [7, 11) is 0. The van der Waals surface area contributed by atoms with Crippen molar-refractivity contribution < 1.29 is 5.21 Å². The van der Waals surface area contributed by atoms with Gasteiger partial charge in [-0.2, -0.15) is 0 Å². The van der Waals surface area contributed by atoms with Gasteiger partial charge in [0.05, 0.1) is 0 Å². The zero-order valence-electron chi connectivity index (χ0n) is 9.79. The summed E-state index contributed by atoms with van der Waals surface area (Å²) in [6.45, 7) is 6.24. The topological polar surface area (TPSA) is 44.6 Å². The van der Waals surface area contributed by atoms with Gasteiger partial charge in [-0.05, 0) is 23.6 Å². The zero-order chi connectivity index (χ0) is 12.2. The number of hydrogen-bond acceptors (Lipinski definition) is 2. The molecule has 0 atom stereocenters. The summed E-state index contributed by atoms with van der Waals surface area (Å²) in [5.74, 6) is 0.537. The summed E-state index contributed by atoms with van der Waals surface area (Å²) < 4.78 is 0. The molecule has 0 saturated carbocycles. The van der Waals surface area contributed by atoms with Crippen molar-refractivity contribution in [2.24, 2.45) is 10.6 Å². The minimum atomic E-state index is 0.0626. The molecular weight excluding hydrogens is 224 g/mol. The predicted molar refractivity (Wildman–Crippen MR) is 68.4 cm³/mol. The molecule has 0 saturated heterocycles. The summed E-state index contributed by atoms with van der Waals surface area (Å²) in [4.78, 5) is 0. The van der Waals surface area contributed by atoms with Gasteiger partial charge in [0.1, 0.15) is 5.84 Å². The van der Waals surface area contributed by atoms with E-state index in [9.17, 15) is 0 Å². The Labute approximate surface area is 101 Å². The Balaban J connectivity index is 2.72. The lowest BCUT2D eigenvalue weighted by molar-refractivity contribution is 0.312. The molecule has 1 rings (SSSR count). The van der Waals surface area contributed by atoms with Gasteiger partial charge in [0.2, 0.25) is 0 Å². The average Bonchev–Trinajstić information content (AvgIpc) is 2.14. The van der Waals surface area contributed by atoms with Crippen LogP contribution < -0.4 is 5.32 Å². The Morgan fingerprint density at radius 1 is 1.44 bits per heavy atom. The third kappa shape index (κ3) is 4.53. The number of anilines is 1. The van der Waals surface area contributed by atoms with Gasteiger partial charge in [-0.1, -0.05) is 43.6 Å². The van der Waals surface area contributed by atoms with Crippen LogP contribution in [0.5, 0.6) is 0 Å². The minimum Gasteiger partial charge on any atom is -0.409 e. The summed E-state index contributed by atoms with van der Waals surface area (Å²) in [5.41, 5.74) is 0.886. The number of nitrogens with one attached hydrogen (secondary N) is 1. The van der Waals surface area contributed by atoms with E-state index in [1.807, 2.05) is 12.1 Å². The van der Waals surface area contributed by atoms with Gasteiger partial charge in [0, 0.05) is 17.1 Å². The first-order chi connectivity index (χ1) is 7.40. The van der Waals surface area contributed by atoms with Crippen molar-refractivity contribution in [3.8, 4) is 0 Å². The van der Waals surface area contributed by atoms with Crippen molar-refractivity contribution in [2.75, 3.05) is 5.32 Å². The molecule has 0 unspecified atom stereocenters. The molecule has 0 aromatic heterocycles. The van der Waals surface area contributed by atoms with Crippen LogP contribution in [0.3, 0.4) is 0 Å². The predicted octanol–water partition coefficient (Wildman–Crippen LogP) is 3.98. The Hall–Kier alpha value is -1.22. The van der Waals surface area contributed by atoms with Crippen LogP contribution in [0.2, 0.25) is 5.02 Å². The van der Waals surface area contributed by atoms with Crippen molar-refractivity contribution in [2.45, 2.75) is 27.2 Å². The van der Waals surface area contributed by atoms with Crippen LogP contribution in [-0.2, 0) is 0 Å². The van der Waals surface area contributed by atoms with E-state index in [0.717, 1.165) is 5.69 Å². The Morgan fingerprint density at radius 2 is 2.12 bits per heavy atom. The van der Waals surface area contributed by atoms with Crippen molar-refractivity contribution >= 4 is 23.1 Å². The van der Waals surface area contributed by atoms with Gasteiger partial charge in [-0.15, -0.1) is 0 Å². The number of benzene rings is 1. The highest BCUT2D eigenvalue weighted by molar-refractivity contribution is 6.30. The van der Waals surface area contributed by atoms with Gasteiger partial charge in [-0.25, -0.2) is 0 Å². The molecule has 0 aliphatic heterocycles. The maximum absolute atomic E-state index is 8.91. The van der Waals surface area contributed by atoms with Crippen LogP contribution in [0.4, 0.5) is 5.69 Å². The fraction of sp³-hybridized carbons (Fsp3) is 0.417. The highest BCUT2D eigenvalue weighted by atomic mass is 35.5. The summed E-state index contributed by atoms with van der Waals surface area (Å²) in [5, 5.41) is 15.9. The van der Waals surface area contributed by atoms with Crippen LogP contribution in [0.15, 0.2) is 29.4 Å². The van der Waals surface area contributed by atoms with Gasteiger partial charge >= 0.3 is 0 Å². The average molecular weight is 241 g/mol. The molecule has 0 bridgehead atoms. The van der Waals surface area contributed by atoms with E-state index in [1.165, 1.54) is 0 Å². The second kappa shape index (κ2) is 5.21. The number of hydrogen-bond donors (Lipinski definition) is 2. The molecule has 0 aliphatic rings. The monoisotopic (exact) mass is 240 g/mol. The first-order valence-electron chi connectivity index (χ1n) is 5.14. The van der Waals surface area contributed by atoms with Crippen molar-refractivity contribution in [1.29, 1.82) is 0 Å². The molecule has 0 fully saturated rings. The highest BCUT2D eigenvalue weighted by Gasteiger charge is 2.15. The van der Waals surface area contributed by atoms with E-state index in [-0.39, 0.29) is 5.41 Å². The van der Waals surface area contributed by atoms with Gasteiger partial charge < -0.3 is 10.5 Å². The van der Waals surface area contributed by atoms with E-state index in [4.69, 9.17) is 16.8 Å². The molecule has 1 aromatic carbocycles. The zero-order valence-corrected chi connectivity index (χ0v) is 10.5. The van der Waals surface area contributed by atoms with E-state index in [1.54, 1.807) is 12.1 Å². The molecule has 0 amide bonds. The Bertz CT molecular complexity index is 383. The van der Waals surface area contributed by atoms with Gasteiger partial charge in [-0.3, -0.25) is 0 Å². The molecule has 0 heterocycles. The van der Waals surface area contributed by atoms with E-state index < -0.39 is 0 Å². The standard InChI is InChI=1S/C12H17ClN2O/c1-12(2,3)8-11(15-16)14-10-6-4-5-9(13)7-10/h4-7,16H,8H2,1-3H3,(H,14,15).